The number of nitrogens with two attached hydrogens (primary N) is 1. The number of hydrogen-bond acceptors (Lipinski definition) is 5. The first kappa shape index (κ1) is 12.3. The molecule has 6 heteroatoms. The molecule has 2 aromatic rings. The summed E-state index contributed by atoms with van der Waals surface area (Å²) in [5, 5.41) is 4.06. The Kier molecular flexibility index (Phi) is 3.10. The van der Waals surface area contributed by atoms with E-state index in [-0.39, 0.29) is 5.41 Å². The van der Waals surface area contributed by atoms with E-state index in [2.05, 4.69) is 15.1 Å². The second-order valence-corrected chi connectivity index (χ2v) is 5.33. The molecule has 1 fully saturated rings. The van der Waals surface area contributed by atoms with Crippen molar-refractivity contribution in [3.8, 4) is 11.6 Å². The summed E-state index contributed by atoms with van der Waals surface area (Å²) in [7, 11) is 1.91. The van der Waals surface area contributed by atoms with Gasteiger partial charge >= 0.3 is 0 Å². The highest BCUT2D eigenvalue weighted by atomic mass is 16.5. The van der Waals surface area contributed by atoms with E-state index >= 15 is 0 Å². The fourth-order valence-electron chi connectivity index (χ4n) is 2.84. The number of nitrogens with zero attached hydrogens (tertiary/aromatic N) is 4. The standard InChI is InChI=1S/C13H19N5O/c1-18-8-7-15-11(18)10-16-12(19-17-10)13(9-14)5-3-2-4-6-13/h7-8H,2-6,9,14H2,1H3. The molecule has 0 radical (unpaired) electrons. The number of aromatic nitrogens is 4. The van der Waals surface area contributed by atoms with Gasteiger partial charge in [-0.05, 0) is 12.8 Å². The van der Waals surface area contributed by atoms with Gasteiger partial charge in [0.2, 0.25) is 11.7 Å². The fourth-order valence-corrected chi connectivity index (χ4v) is 2.84. The Bertz CT molecular complexity index is 553. The smallest absolute Gasteiger partial charge is 0.238 e. The molecule has 1 saturated carbocycles. The molecule has 0 atom stereocenters. The van der Waals surface area contributed by atoms with Crippen molar-refractivity contribution in [1.29, 1.82) is 0 Å². The summed E-state index contributed by atoms with van der Waals surface area (Å²) in [6, 6.07) is 0. The Morgan fingerprint density at radius 3 is 2.79 bits per heavy atom. The Balaban J connectivity index is 1.94. The summed E-state index contributed by atoms with van der Waals surface area (Å²) < 4.78 is 7.36. The highest BCUT2D eigenvalue weighted by molar-refractivity contribution is 5.42. The van der Waals surface area contributed by atoms with Gasteiger partial charge in [-0.2, -0.15) is 4.98 Å². The van der Waals surface area contributed by atoms with Crippen LogP contribution in [0.5, 0.6) is 0 Å². The number of hydrogen-bond donors (Lipinski definition) is 1. The van der Waals surface area contributed by atoms with Gasteiger partial charge in [0.25, 0.3) is 0 Å². The van der Waals surface area contributed by atoms with Crippen LogP contribution in [0.1, 0.15) is 38.0 Å². The van der Waals surface area contributed by atoms with Crippen LogP contribution in [0.2, 0.25) is 0 Å². The van der Waals surface area contributed by atoms with E-state index in [1.165, 1.54) is 19.3 Å². The first-order valence-corrected chi connectivity index (χ1v) is 6.77. The van der Waals surface area contributed by atoms with Crippen molar-refractivity contribution in [3.05, 3.63) is 18.3 Å². The molecule has 3 rings (SSSR count). The predicted molar refractivity (Wildman–Crippen MR) is 70.3 cm³/mol. The van der Waals surface area contributed by atoms with Crippen LogP contribution in [0.15, 0.2) is 16.9 Å². The normalized spacial score (nSPS) is 18.6. The lowest BCUT2D eigenvalue weighted by Gasteiger charge is -2.32. The van der Waals surface area contributed by atoms with Gasteiger partial charge in [-0.25, -0.2) is 4.98 Å². The topological polar surface area (TPSA) is 82.8 Å². The summed E-state index contributed by atoms with van der Waals surface area (Å²) in [4.78, 5) is 8.78. The second kappa shape index (κ2) is 4.77. The van der Waals surface area contributed by atoms with Crippen LogP contribution < -0.4 is 5.73 Å². The molecule has 0 aliphatic heterocycles. The lowest BCUT2D eigenvalue weighted by Crippen LogP contribution is -2.37. The van der Waals surface area contributed by atoms with Crippen molar-refractivity contribution < 1.29 is 4.52 Å². The van der Waals surface area contributed by atoms with Crippen molar-refractivity contribution >= 4 is 0 Å². The maximum absolute atomic E-state index is 5.98. The predicted octanol–water partition coefficient (Wildman–Crippen LogP) is 1.63. The molecule has 0 aromatic carbocycles. The van der Waals surface area contributed by atoms with E-state index in [0.29, 0.717) is 18.3 Å². The molecule has 1 aliphatic rings. The molecule has 0 unspecified atom stereocenters. The highest BCUT2D eigenvalue weighted by Gasteiger charge is 2.38. The average Bonchev–Trinajstić information content (AvgIpc) is 3.08. The molecule has 1 aliphatic carbocycles. The molecule has 0 amide bonds. The number of rotatable bonds is 3. The molecular weight excluding hydrogens is 242 g/mol. The van der Waals surface area contributed by atoms with Crippen LogP contribution in [0, 0.1) is 0 Å². The third-order valence-electron chi connectivity index (χ3n) is 4.10. The molecule has 0 saturated heterocycles. The molecule has 19 heavy (non-hydrogen) atoms. The van der Waals surface area contributed by atoms with Gasteiger partial charge in [0.15, 0.2) is 5.82 Å². The molecule has 2 heterocycles. The van der Waals surface area contributed by atoms with Crippen LogP contribution in [0.25, 0.3) is 11.6 Å². The van der Waals surface area contributed by atoms with Crippen molar-refractivity contribution in [3.63, 3.8) is 0 Å². The summed E-state index contributed by atoms with van der Waals surface area (Å²) in [6.07, 6.45) is 9.28. The molecule has 0 bridgehead atoms. The second-order valence-electron chi connectivity index (χ2n) is 5.33. The molecular formula is C13H19N5O. The van der Waals surface area contributed by atoms with Gasteiger partial charge < -0.3 is 14.8 Å². The van der Waals surface area contributed by atoms with Crippen molar-refractivity contribution in [2.24, 2.45) is 12.8 Å². The van der Waals surface area contributed by atoms with E-state index < -0.39 is 0 Å². The number of imidazole rings is 1. The summed E-state index contributed by atoms with van der Waals surface area (Å²) in [6.45, 7) is 0.565. The third-order valence-corrected chi connectivity index (χ3v) is 4.10. The zero-order chi connectivity index (χ0) is 13.3. The van der Waals surface area contributed by atoms with Crippen LogP contribution in [0.3, 0.4) is 0 Å². The quantitative estimate of drug-likeness (QED) is 0.908. The molecule has 102 valence electrons. The fraction of sp³-hybridized carbons (Fsp3) is 0.615. The Hall–Kier alpha value is -1.69. The number of aryl methyl sites for hydroxylation is 1. The Morgan fingerprint density at radius 2 is 2.16 bits per heavy atom. The third kappa shape index (κ3) is 2.06. The first-order chi connectivity index (χ1) is 9.25. The minimum atomic E-state index is -0.130. The SMILES string of the molecule is Cn1ccnc1-c1noc(C2(CN)CCCCC2)n1. The van der Waals surface area contributed by atoms with Crippen molar-refractivity contribution in [1.82, 2.24) is 19.7 Å². The van der Waals surface area contributed by atoms with Crippen molar-refractivity contribution in [2.75, 3.05) is 6.54 Å². The maximum Gasteiger partial charge on any atom is 0.238 e. The van der Waals surface area contributed by atoms with E-state index in [4.69, 9.17) is 10.3 Å². The van der Waals surface area contributed by atoms with E-state index in [0.717, 1.165) is 18.7 Å². The summed E-state index contributed by atoms with van der Waals surface area (Å²) >= 11 is 0. The molecule has 2 N–H and O–H groups in total. The Morgan fingerprint density at radius 1 is 1.37 bits per heavy atom. The monoisotopic (exact) mass is 261 g/mol. The Labute approximate surface area is 112 Å². The van der Waals surface area contributed by atoms with Crippen LogP contribution in [-0.4, -0.2) is 26.2 Å². The summed E-state index contributed by atoms with van der Waals surface area (Å²) in [5.74, 6) is 1.94. The zero-order valence-electron chi connectivity index (χ0n) is 11.2. The van der Waals surface area contributed by atoms with Gasteiger partial charge in [-0.15, -0.1) is 0 Å². The van der Waals surface area contributed by atoms with Crippen LogP contribution in [-0.2, 0) is 12.5 Å². The van der Waals surface area contributed by atoms with Gasteiger partial charge in [0.05, 0.1) is 5.41 Å². The van der Waals surface area contributed by atoms with Crippen LogP contribution >= 0.6 is 0 Å². The first-order valence-electron chi connectivity index (χ1n) is 6.77. The average molecular weight is 261 g/mol. The molecule has 6 nitrogen and oxygen atoms in total. The van der Waals surface area contributed by atoms with Gasteiger partial charge in [0, 0.05) is 26.0 Å². The van der Waals surface area contributed by atoms with Gasteiger partial charge in [-0.1, -0.05) is 24.4 Å². The lowest BCUT2D eigenvalue weighted by atomic mass is 9.74. The molecule has 0 spiro atoms. The largest absolute Gasteiger partial charge is 0.338 e. The van der Waals surface area contributed by atoms with Gasteiger partial charge in [0.1, 0.15) is 0 Å². The molecule has 2 aromatic heterocycles. The minimum Gasteiger partial charge on any atom is -0.338 e. The van der Waals surface area contributed by atoms with Gasteiger partial charge in [-0.3, -0.25) is 0 Å². The van der Waals surface area contributed by atoms with Crippen molar-refractivity contribution in [2.45, 2.75) is 37.5 Å². The van der Waals surface area contributed by atoms with E-state index in [1.807, 2.05) is 17.8 Å². The summed E-state index contributed by atoms with van der Waals surface area (Å²) in [5.41, 5.74) is 5.85. The lowest BCUT2D eigenvalue weighted by molar-refractivity contribution is 0.220. The highest BCUT2D eigenvalue weighted by Crippen LogP contribution is 2.38. The van der Waals surface area contributed by atoms with E-state index in [1.54, 1.807) is 6.20 Å². The maximum atomic E-state index is 5.98. The van der Waals surface area contributed by atoms with Crippen LogP contribution in [0.4, 0.5) is 0 Å². The van der Waals surface area contributed by atoms with E-state index in [9.17, 15) is 0 Å². The minimum absolute atomic E-state index is 0.130. The zero-order valence-corrected chi connectivity index (χ0v) is 11.2.